The van der Waals surface area contributed by atoms with E-state index in [4.69, 9.17) is 21.7 Å². The summed E-state index contributed by atoms with van der Waals surface area (Å²) in [6, 6.07) is 10.9. The van der Waals surface area contributed by atoms with Gasteiger partial charge in [0.2, 0.25) is 5.91 Å². The van der Waals surface area contributed by atoms with Crippen LogP contribution in [0.4, 0.5) is 5.69 Å². The normalized spacial score (nSPS) is 10.2. The Morgan fingerprint density at radius 3 is 2.81 bits per heavy atom. The molecule has 0 radical (unpaired) electrons. The number of furan rings is 1. The van der Waals surface area contributed by atoms with Gasteiger partial charge in [-0.3, -0.25) is 4.79 Å². The topological polar surface area (TPSA) is 74.5 Å². The molecule has 2 aromatic rings. The standard InChI is InChI=1S/C15H16N2O3S/c1-2-14(19)17-15(21)16-11-5-3-4-10(8-11)13-7-6-12(9-18)20-13/h3-8,18H,2,9H2,1H3,(H2,16,17,19,21). The van der Waals surface area contributed by atoms with Gasteiger partial charge in [0.15, 0.2) is 5.11 Å². The highest BCUT2D eigenvalue weighted by atomic mass is 32.1. The van der Waals surface area contributed by atoms with Crippen molar-refractivity contribution in [3.05, 3.63) is 42.2 Å². The third kappa shape index (κ3) is 4.14. The first-order chi connectivity index (χ1) is 10.1. The van der Waals surface area contributed by atoms with E-state index in [1.54, 1.807) is 19.1 Å². The Bertz CT molecular complexity index is 652. The Balaban J connectivity index is 2.10. The molecule has 1 aromatic carbocycles. The lowest BCUT2D eigenvalue weighted by Gasteiger charge is -2.09. The molecular formula is C15H16N2O3S. The number of aliphatic hydroxyl groups excluding tert-OH is 1. The van der Waals surface area contributed by atoms with E-state index in [-0.39, 0.29) is 17.6 Å². The molecule has 0 spiro atoms. The minimum absolute atomic E-state index is 0.134. The van der Waals surface area contributed by atoms with Crippen LogP contribution >= 0.6 is 12.2 Å². The van der Waals surface area contributed by atoms with Crippen molar-refractivity contribution >= 4 is 28.9 Å². The minimum atomic E-state index is -0.137. The number of aliphatic hydroxyl groups is 1. The van der Waals surface area contributed by atoms with Gasteiger partial charge < -0.3 is 20.2 Å². The highest BCUT2D eigenvalue weighted by molar-refractivity contribution is 7.80. The zero-order chi connectivity index (χ0) is 15.2. The van der Waals surface area contributed by atoms with Crippen molar-refractivity contribution in [2.75, 3.05) is 5.32 Å². The Morgan fingerprint density at radius 1 is 1.33 bits per heavy atom. The van der Waals surface area contributed by atoms with Crippen LogP contribution in [0.5, 0.6) is 0 Å². The molecule has 1 heterocycles. The summed E-state index contributed by atoms with van der Waals surface area (Å²) >= 11 is 5.06. The summed E-state index contributed by atoms with van der Waals surface area (Å²) in [5.74, 6) is 1.03. The molecule has 1 amide bonds. The van der Waals surface area contributed by atoms with Crippen LogP contribution in [0.15, 0.2) is 40.8 Å². The second-order valence-corrected chi connectivity index (χ2v) is 4.77. The number of rotatable bonds is 4. The predicted molar refractivity (Wildman–Crippen MR) is 84.7 cm³/mol. The number of anilines is 1. The van der Waals surface area contributed by atoms with Gasteiger partial charge in [-0.2, -0.15) is 0 Å². The number of amides is 1. The molecule has 0 saturated heterocycles. The van der Waals surface area contributed by atoms with E-state index in [1.165, 1.54) is 0 Å². The van der Waals surface area contributed by atoms with Gasteiger partial charge in [0.05, 0.1) is 0 Å². The monoisotopic (exact) mass is 304 g/mol. The molecule has 0 aliphatic rings. The minimum Gasteiger partial charge on any atom is -0.459 e. The summed E-state index contributed by atoms with van der Waals surface area (Å²) in [5, 5.41) is 14.8. The summed E-state index contributed by atoms with van der Waals surface area (Å²) in [5.41, 5.74) is 1.60. The summed E-state index contributed by atoms with van der Waals surface area (Å²) in [6.07, 6.45) is 0.373. The average Bonchev–Trinajstić information content (AvgIpc) is 2.96. The first kappa shape index (κ1) is 15.2. The molecule has 0 unspecified atom stereocenters. The molecule has 0 atom stereocenters. The van der Waals surface area contributed by atoms with Crippen molar-refractivity contribution in [3.63, 3.8) is 0 Å². The maximum atomic E-state index is 11.3. The second kappa shape index (κ2) is 7.01. The summed E-state index contributed by atoms with van der Waals surface area (Å²) in [6.45, 7) is 1.62. The van der Waals surface area contributed by atoms with Gasteiger partial charge in [0.25, 0.3) is 0 Å². The summed E-state index contributed by atoms with van der Waals surface area (Å²) in [7, 11) is 0. The fourth-order valence-corrected chi connectivity index (χ4v) is 1.98. The van der Waals surface area contributed by atoms with Crippen molar-refractivity contribution in [2.45, 2.75) is 20.0 Å². The zero-order valence-electron chi connectivity index (χ0n) is 11.6. The lowest BCUT2D eigenvalue weighted by atomic mass is 10.1. The molecule has 0 bridgehead atoms. The fourth-order valence-electron chi connectivity index (χ4n) is 1.75. The first-order valence-electron chi connectivity index (χ1n) is 6.53. The molecule has 110 valence electrons. The van der Waals surface area contributed by atoms with Crippen LogP contribution in [0, 0.1) is 0 Å². The first-order valence-corrected chi connectivity index (χ1v) is 6.94. The molecule has 0 aliphatic heterocycles. The van der Waals surface area contributed by atoms with Crippen molar-refractivity contribution < 1.29 is 14.3 Å². The van der Waals surface area contributed by atoms with Crippen LogP contribution in [0.25, 0.3) is 11.3 Å². The second-order valence-electron chi connectivity index (χ2n) is 4.36. The predicted octanol–water partition coefficient (Wildman–Crippen LogP) is 2.66. The lowest BCUT2D eigenvalue weighted by molar-refractivity contribution is -0.119. The molecule has 3 N–H and O–H groups in total. The molecule has 21 heavy (non-hydrogen) atoms. The van der Waals surface area contributed by atoms with Gasteiger partial charge in [-0.1, -0.05) is 19.1 Å². The summed E-state index contributed by atoms with van der Waals surface area (Å²) < 4.78 is 5.48. The van der Waals surface area contributed by atoms with Crippen LogP contribution in [-0.4, -0.2) is 16.1 Å². The van der Waals surface area contributed by atoms with Gasteiger partial charge in [-0.25, -0.2) is 0 Å². The van der Waals surface area contributed by atoms with Crippen LogP contribution in [-0.2, 0) is 11.4 Å². The van der Waals surface area contributed by atoms with Crippen molar-refractivity contribution in [1.82, 2.24) is 5.32 Å². The zero-order valence-corrected chi connectivity index (χ0v) is 12.4. The largest absolute Gasteiger partial charge is 0.459 e. The van der Waals surface area contributed by atoms with Crippen LogP contribution in [0.2, 0.25) is 0 Å². The van der Waals surface area contributed by atoms with E-state index >= 15 is 0 Å². The fraction of sp³-hybridized carbons (Fsp3) is 0.200. The number of hydrogen-bond donors (Lipinski definition) is 3. The third-order valence-corrected chi connectivity index (χ3v) is 3.00. The van der Waals surface area contributed by atoms with Crippen molar-refractivity contribution in [1.29, 1.82) is 0 Å². The van der Waals surface area contributed by atoms with Gasteiger partial charge in [-0.15, -0.1) is 0 Å². The van der Waals surface area contributed by atoms with Gasteiger partial charge in [0.1, 0.15) is 18.1 Å². The van der Waals surface area contributed by atoms with Crippen LogP contribution in [0.3, 0.4) is 0 Å². The van der Waals surface area contributed by atoms with Crippen LogP contribution in [0.1, 0.15) is 19.1 Å². The lowest BCUT2D eigenvalue weighted by Crippen LogP contribution is -2.33. The molecule has 0 saturated carbocycles. The van der Waals surface area contributed by atoms with E-state index in [9.17, 15) is 4.79 Å². The number of carbonyl (C=O) groups is 1. The SMILES string of the molecule is CCC(=O)NC(=S)Nc1cccc(-c2ccc(CO)o2)c1. The Hall–Kier alpha value is -2.18. The molecule has 0 aliphatic carbocycles. The van der Waals surface area contributed by atoms with Crippen LogP contribution < -0.4 is 10.6 Å². The number of thiocarbonyl (C=S) groups is 1. The Labute approximate surface area is 128 Å². The smallest absolute Gasteiger partial charge is 0.225 e. The molecular weight excluding hydrogens is 288 g/mol. The number of carbonyl (C=O) groups excluding carboxylic acids is 1. The molecule has 0 fully saturated rings. The molecule has 5 nitrogen and oxygen atoms in total. The molecule has 2 rings (SSSR count). The Morgan fingerprint density at radius 2 is 2.14 bits per heavy atom. The van der Waals surface area contributed by atoms with Gasteiger partial charge in [-0.05, 0) is 36.5 Å². The van der Waals surface area contributed by atoms with Crippen molar-refractivity contribution in [2.24, 2.45) is 0 Å². The van der Waals surface area contributed by atoms with E-state index in [0.717, 1.165) is 11.3 Å². The summed E-state index contributed by atoms with van der Waals surface area (Å²) in [4.78, 5) is 11.3. The van der Waals surface area contributed by atoms with E-state index < -0.39 is 0 Å². The van der Waals surface area contributed by atoms with E-state index in [1.807, 2.05) is 24.3 Å². The number of hydrogen-bond acceptors (Lipinski definition) is 4. The Kier molecular flexibility index (Phi) is 5.08. The number of nitrogens with one attached hydrogen (secondary N) is 2. The molecule has 6 heteroatoms. The van der Waals surface area contributed by atoms with Crippen molar-refractivity contribution in [3.8, 4) is 11.3 Å². The quantitative estimate of drug-likeness (QED) is 0.757. The highest BCUT2D eigenvalue weighted by Gasteiger charge is 2.06. The average molecular weight is 304 g/mol. The third-order valence-electron chi connectivity index (χ3n) is 2.80. The van der Waals surface area contributed by atoms with E-state index in [0.29, 0.717) is 17.9 Å². The number of benzene rings is 1. The van der Waals surface area contributed by atoms with Gasteiger partial charge in [0, 0.05) is 17.7 Å². The van der Waals surface area contributed by atoms with E-state index in [2.05, 4.69) is 10.6 Å². The molecule has 1 aromatic heterocycles. The van der Waals surface area contributed by atoms with Gasteiger partial charge >= 0.3 is 0 Å². The maximum Gasteiger partial charge on any atom is 0.225 e. The maximum absolute atomic E-state index is 11.3. The highest BCUT2D eigenvalue weighted by Crippen LogP contribution is 2.24.